The third kappa shape index (κ3) is 3.09. The Morgan fingerprint density at radius 3 is 2.65 bits per heavy atom. The quantitative estimate of drug-likeness (QED) is 0.403. The van der Waals surface area contributed by atoms with Crippen LogP contribution in [0.15, 0.2) is 58.6 Å². The maximum Gasteiger partial charge on any atom is 0.270 e. The molecular weight excluding hydrogens is 318 g/mol. The molecule has 1 heterocycles. The van der Waals surface area contributed by atoms with Crippen LogP contribution in [0.5, 0.6) is 0 Å². The number of carbonyl (C=O) groups is 1. The first-order chi connectivity index (χ1) is 11.2. The number of aldehydes is 1. The van der Waals surface area contributed by atoms with Crippen molar-refractivity contribution in [2.24, 2.45) is 0 Å². The van der Waals surface area contributed by atoms with E-state index < -0.39 is 4.92 Å². The molecule has 8 nitrogen and oxygen atoms in total. The van der Waals surface area contributed by atoms with Gasteiger partial charge in [-0.1, -0.05) is 18.2 Å². The van der Waals surface area contributed by atoms with Crippen LogP contribution < -0.4 is 0 Å². The smallest absolute Gasteiger partial charge is 0.270 e. The molecule has 3 rings (SSSR count). The van der Waals surface area contributed by atoms with Gasteiger partial charge in [-0.3, -0.25) is 14.9 Å². The van der Waals surface area contributed by atoms with Gasteiger partial charge in [0, 0.05) is 22.6 Å². The van der Waals surface area contributed by atoms with E-state index in [0.29, 0.717) is 16.3 Å². The van der Waals surface area contributed by atoms with Crippen molar-refractivity contribution in [2.45, 2.75) is 10.1 Å². The molecule has 0 unspecified atom stereocenters. The molecule has 0 aliphatic heterocycles. The fourth-order valence-corrected chi connectivity index (χ4v) is 2.77. The first-order valence-corrected chi connectivity index (χ1v) is 7.26. The molecule has 0 N–H and O–H groups in total. The number of aromatic nitrogens is 4. The van der Waals surface area contributed by atoms with Crippen LogP contribution in [-0.4, -0.2) is 31.4 Å². The highest BCUT2D eigenvalue weighted by Gasteiger charge is 2.15. The number of nitrogens with zero attached hydrogens (tertiary/aromatic N) is 5. The van der Waals surface area contributed by atoms with Gasteiger partial charge in [-0.05, 0) is 40.4 Å². The van der Waals surface area contributed by atoms with Gasteiger partial charge >= 0.3 is 0 Å². The van der Waals surface area contributed by atoms with Crippen molar-refractivity contribution in [1.82, 2.24) is 20.2 Å². The highest BCUT2D eigenvalue weighted by molar-refractivity contribution is 7.99. The molecule has 1 aromatic heterocycles. The number of nitro benzene ring substituents is 1. The van der Waals surface area contributed by atoms with Crippen molar-refractivity contribution in [1.29, 1.82) is 0 Å². The van der Waals surface area contributed by atoms with Gasteiger partial charge in [0.1, 0.15) is 0 Å². The summed E-state index contributed by atoms with van der Waals surface area (Å²) in [6, 6.07) is 13.4. The molecule has 0 spiro atoms. The van der Waals surface area contributed by atoms with Crippen molar-refractivity contribution in [3.63, 3.8) is 0 Å². The van der Waals surface area contributed by atoms with Crippen LogP contribution in [0.3, 0.4) is 0 Å². The molecular formula is C14H9N5O3S. The Balaban J connectivity index is 1.96. The summed E-state index contributed by atoms with van der Waals surface area (Å²) in [7, 11) is 0. The fourth-order valence-electron chi connectivity index (χ4n) is 1.91. The van der Waals surface area contributed by atoms with E-state index >= 15 is 0 Å². The van der Waals surface area contributed by atoms with Gasteiger partial charge in [-0.25, -0.2) is 0 Å². The molecule has 0 atom stereocenters. The fraction of sp³-hybridized carbons (Fsp3) is 0. The van der Waals surface area contributed by atoms with E-state index in [2.05, 4.69) is 15.5 Å². The molecule has 9 heteroatoms. The Labute approximate surface area is 134 Å². The van der Waals surface area contributed by atoms with Gasteiger partial charge in [0.25, 0.3) is 5.69 Å². The molecule has 2 aromatic carbocycles. The molecule has 3 aromatic rings. The van der Waals surface area contributed by atoms with Crippen molar-refractivity contribution in [3.05, 3.63) is 64.2 Å². The molecule has 23 heavy (non-hydrogen) atoms. The summed E-state index contributed by atoms with van der Waals surface area (Å²) >= 11 is 1.16. The molecule has 0 amide bonds. The molecule has 0 aliphatic rings. The summed E-state index contributed by atoms with van der Waals surface area (Å²) in [5, 5.41) is 22.7. The minimum absolute atomic E-state index is 0.140. The van der Waals surface area contributed by atoms with Crippen LogP contribution in [-0.2, 0) is 0 Å². The van der Waals surface area contributed by atoms with Crippen molar-refractivity contribution >= 4 is 23.7 Å². The Kier molecular flexibility index (Phi) is 4.11. The SMILES string of the molecule is O=Cc1cc([N+](=O)[O-])ccc1Sc1nnnn1-c1ccccc1. The lowest BCUT2D eigenvalue weighted by Gasteiger charge is -2.05. The van der Waals surface area contributed by atoms with E-state index in [0.717, 1.165) is 17.4 Å². The van der Waals surface area contributed by atoms with Crippen LogP contribution in [0.25, 0.3) is 5.69 Å². The van der Waals surface area contributed by atoms with Crippen LogP contribution >= 0.6 is 11.8 Å². The third-order valence-electron chi connectivity index (χ3n) is 2.97. The highest BCUT2D eigenvalue weighted by Crippen LogP contribution is 2.31. The summed E-state index contributed by atoms with van der Waals surface area (Å²) in [6.07, 6.45) is 0.575. The second-order valence-corrected chi connectivity index (χ2v) is 5.42. The normalized spacial score (nSPS) is 10.4. The third-order valence-corrected chi connectivity index (χ3v) is 4.00. The Morgan fingerprint density at radius 1 is 1.17 bits per heavy atom. The van der Waals surface area contributed by atoms with Crippen molar-refractivity contribution < 1.29 is 9.72 Å². The maximum atomic E-state index is 11.2. The van der Waals surface area contributed by atoms with Gasteiger partial charge in [-0.2, -0.15) is 4.68 Å². The number of rotatable bonds is 5. The summed E-state index contributed by atoms with van der Waals surface area (Å²) in [4.78, 5) is 22.0. The average molecular weight is 327 g/mol. The Hall–Kier alpha value is -3.07. The van der Waals surface area contributed by atoms with Crippen LogP contribution in [0.4, 0.5) is 5.69 Å². The topological polar surface area (TPSA) is 104 Å². The predicted octanol–water partition coefficient (Wildman–Crippen LogP) is 2.53. The monoisotopic (exact) mass is 327 g/mol. The standard InChI is InChI=1S/C14H9N5O3S/c20-9-10-8-12(19(21)22)6-7-13(10)23-14-15-16-17-18(14)11-4-2-1-3-5-11/h1-9H. The lowest BCUT2D eigenvalue weighted by Crippen LogP contribution is -1.99. The molecule has 0 radical (unpaired) electrons. The average Bonchev–Trinajstić information content (AvgIpc) is 3.04. The number of hydrogen-bond donors (Lipinski definition) is 0. The maximum absolute atomic E-state index is 11.2. The van der Waals surface area contributed by atoms with Crippen LogP contribution in [0.1, 0.15) is 10.4 Å². The number of nitro groups is 1. The van der Waals surface area contributed by atoms with Crippen LogP contribution in [0.2, 0.25) is 0 Å². The van der Waals surface area contributed by atoms with Crippen molar-refractivity contribution in [3.8, 4) is 5.69 Å². The van der Waals surface area contributed by atoms with E-state index in [1.807, 2.05) is 30.3 Å². The van der Waals surface area contributed by atoms with Gasteiger partial charge in [-0.15, -0.1) is 5.10 Å². The number of hydrogen-bond acceptors (Lipinski definition) is 7. The van der Waals surface area contributed by atoms with Gasteiger partial charge in [0.2, 0.25) is 5.16 Å². The zero-order chi connectivity index (χ0) is 16.2. The highest BCUT2D eigenvalue weighted by atomic mass is 32.2. The summed E-state index contributed by atoms with van der Waals surface area (Å²) < 4.78 is 1.53. The Bertz CT molecular complexity index is 866. The number of para-hydroxylation sites is 1. The van der Waals surface area contributed by atoms with Gasteiger partial charge in [0.05, 0.1) is 10.6 Å². The minimum Gasteiger partial charge on any atom is -0.298 e. The molecule has 0 fully saturated rings. The van der Waals surface area contributed by atoms with E-state index in [1.165, 1.54) is 22.9 Å². The zero-order valence-corrected chi connectivity index (χ0v) is 12.4. The van der Waals surface area contributed by atoms with E-state index in [-0.39, 0.29) is 11.3 Å². The summed E-state index contributed by atoms with van der Waals surface area (Å²) in [5.41, 5.74) is 0.848. The molecule has 0 saturated heterocycles. The number of carbonyl (C=O) groups excluding carboxylic acids is 1. The first kappa shape index (κ1) is 14.9. The number of non-ortho nitro benzene ring substituents is 1. The Morgan fingerprint density at radius 2 is 1.96 bits per heavy atom. The van der Waals surface area contributed by atoms with E-state index in [9.17, 15) is 14.9 Å². The zero-order valence-electron chi connectivity index (χ0n) is 11.6. The lowest BCUT2D eigenvalue weighted by atomic mass is 10.2. The van der Waals surface area contributed by atoms with Crippen LogP contribution in [0, 0.1) is 10.1 Å². The van der Waals surface area contributed by atoms with E-state index in [1.54, 1.807) is 0 Å². The molecule has 0 bridgehead atoms. The second-order valence-electron chi connectivity index (χ2n) is 4.41. The molecule has 0 aliphatic carbocycles. The van der Waals surface area contributed by atoms with Gasteiger partial charge < -0.3 is 0 Å². The largest absolute Gasteiger partial charge is 0.298 e. The second kappa shape index (κ2) is 6.36. The predicted molar refractivity (Wildman–Crippen MR) is 81.8 cm³/mol. The lowest BCUT2D eigenvalue weighted by molar-refractivity contribution is -0.384. The molecule has 0 saturated carbocycles. The number of benzene rings is 2. The first-order valence-electron chi connectivity index (χ1n) is 6.44. The van der Waals surface area contributed by atoms with E-state index in [4.69, 9.17) is 0 Å². The summed E-state index contributed by atoms with van der Waals surface area (Å²) in [5.74, 6) is 0. The van der Waals surface area contributed by atoms with Crippen molar-refractivity contribution in [2.75, 3.05) is 0 Å². The summed E-state index contributed by atoms with van der Waals surface area (Å²) in [6.45, 7) is 0. The molecule has 114 valence electrons. The van der Waals surface area contributed by atoms with Gasteiger partial charge in [0.15, 0.2) is 6.29 Å². The minimum atomic E-state index is -0.546. The number of tetrazole rings is 1.